The number of hydrazine groups is 1. The summed E-state index contributed by atoms with van der Waals surface area (Å²) in [7, 11) is 0. The van der Waals surface area contributed by atoms with Gasteiger partial charge in [-0.25, -0.2) is 10.4 Å². The van der Waals surface area contributed by atoms with Crippen LogP contribution in [0.4, 0.5) is 0 Å². The molecule has 0 aliphatic rings. The largest absolute Gasteiger partial charge is 0.270 e. The van der Waals surface area contributed by atoms with Gasteiger partial charge >= 0.3 is 0 Å². The molecular weight excluding hydrogens is 130 g/mol. The van der Waals surface area contributed by atoms with Crippen molar-refractivity contribution in [3.8, 4) is 0 Å². The van der Waals surface area contributed by atoms with Crippen molar-refractivity contribution in [2.75, 3.05) is 0 Å². The Labute approximate surface area is 58.3 Å². The number of rotatable bonds is 3. The second-order valence-corrected chi connectivity index (χ2v) is 1.75. The molecule has 0 saturated carbocycles. The molecule has 0 aliphatic carbocycles. The predicted molar refractivity (Wildman–Crippen MR) is 36.6 cm³/mol. The van der Waals surface area contributed by atoms with Gasteiger partial charge in [-0.1, -0.05) is 6.08 Å². The number of nitrogens with zero attached hydrogens (tertiary/aromatic N) is 2. The standard InChI is InChI=1S/C5H9N5/c1-2-4(9-6)5-7-3-8-10-5/h2-4,9H,1,6H2,(H,7,8,10). The lowest BCUT2D eigenvalue weighted by Gasteiger charge is -2.04. The molecule has 1 heterocycles. The minimum absolute atomic E-state index is 0.150. The molecule has 1 aromatic heterocycles. The number of nitrogens with one attached hydrogen (secondary N) is 2. The van der Waals surface area contributed by atoms with Gasteiger partial charge in [-0.3, -0.25) is 10.9 Å². The zero-order valence-corrected chi connectivity index (χ0v) is 5.41. The van der Waals surface area contributed by atoms with Crippen LogP contribution in [-0.4, -0.2) is 15.2 Å². The summed E-state index contributed by atoms with van der Waals surface area (Å²) in [6.07, 6.45) is 3.06. The molecule has 0 amide bonds. The van der Waals surface area contributed by atoms with Crippen LogP contribution in [0.15, 0.2) is 19.0 Å². The smallest absolute Gasteiger partial charge is 0.146 e. The van der Waals surface area contributed by atoms with Crippen LogP contribution in [0.1, 0.15) is 11.9 Å². The lowest BCUT2D eigenvalue weighted by atomic mass is 10.3. The van der Waals surface area contributed by atoms with Gasteiger partial charge in [-0.2, -0.15) is 5.10 Å². The monoisotopic (exact) mass is 139 g/mol. The average Bonchev–Trinajstić information content (AvgIpc) is 2.43. The second-order valence-electron chi connectivity index (χ2n) is 1.75. The first-order valence-electron chi connectivity index (χ1n) is 2.82. The fraction of sp³-hybridized carbons (Fsp3) is 0.200. The molecule has 0 fully saturated rings. The van der Waals surface area contributed by atoms with Crippen molar-refractivity contribution in [3.63, 3.8) is 0 Å². The van der Waals surface area contributed by atoms with Gasteiger partial charge in [0.05, 0.1) is 6.04 Å². The van der Waals surface area contributed by atoms with E-state index in [-0.39, 0.29) is 6.04 Å². The highest BCUT2D eigenvalue weighted by Crippen LogP contribution is 2.03. The fourth-order valence-corrected chi connectivity index (χ4v) is 0.623. The molecule has 0 aliphatic heterocycles. The van der Waals surface area contributed by atoms with Gasteiger partial charge in [0.15, 0.2) is 0 Å². The maximum atomic E-state index is 5.17. The molecule has 54 valence electrons. The van der Waals surface area contributed by atoms with E-state index in [9.17, 15) is 0 Å². The highest BCUT2D eigenvalue weighted by molar-refractivity contribution is 4.99. The first-order valence-corrected chi connectivity index (χ1v) is 2.82. The van der Waals surface area contributed by atoms with E-state index in [1.54, 1.807) is 6.08 Å². The number of nitrogens with two attached hydrogens (primary N) is 1. The van der Waals surface area contributed by atoms with Crippen molar-refractivity contribution >= 4 is 0 Å². The topological polar surface area (TPSA) is 79.6 Å². The Kier molecular flexibility index (Phi) is 2.14. The van der Waals surface area contributed by atoms with E-state index in [1.165, 1.54) is 6.33 Å². The van der Waals surface area contributed by atoms with Gasteiger partial charge in [-0.05, 0) is 0 Å². The van der Waals surface area contributed by atoms with Gasteiger partial charge in [0.2, 0.25) is 0 Å². The van der Waals surface area contributed by atoms with Crippen LogP contribution in [0.25, 0.3) is 0 Å². The molecule has 5 nitrogen and oxygen atoms in total. The molecule has 0 radical (unpaired) electrons. The normalized spacial score (nSPS) is 12.9. The minimum atomic E-state index is -0.150. The molecule has 10 heavy (non-hydrogen) atoms. The Hall–Kier alpha value is -1.20. The molecule has 5 heteroatoms. The van der Waals surface area contributed by atoms with Crippen molar-refractivity contribution in [1.29, 1.82) is 0 Å². The lowest BCUT2D eigenvalue weighted by molar-refractivity contribution is 0.622. The van der Waals surface area contributed by atoms with E-state index in [0.29, 0.717) is 5.82 Å². The maximum absolute atomic E-state index is 5.17. The van der Waals surface area contributed by atoms with E-state index < -0.39 is 0 Å². The van der Waals surface area contributed by atoms with Gasteiger partial charge in [0.1, 0.15) is 12.2 Å². The summed E-state index contributed by atoms with van der Waals surface area (Å²) in [6.45, 7) is 3.56. The summed E-state index contributed by atoms with van der Waals surface area (Å²) in [6, 6.07) is -0.150. The van der Waals surface area contributed by atoms with E-state index in [2.05, 4.69) is 27.2 Å². The molecule has 1 rings (SSSR count). The van der Waals surface area contributed by atoms with Crippen LogP contribution in [0, 0.1) is 0 Å². The first-order chi connectivity index (χ1) is 4.88. The van der Waals surface area contributed by atoms with E-state index in [4.69, 9.17) is 5.84 Å². The van der Waals surface area contributed by atoms with Gasteiger partial charge in [-0.15, -0.1) is 6.58 Å². The van der Waals surface area contributed by atoms with Crippen molar-refractivity contribution in [2.24, 2.45) is 5.84 Å². The van der Waals surface area contributed by atoms with Crippen LogP contribution < -0.4 is 11.3 Å². The summed E-state index contributed by atoms with van der Waals surface area (Å²) >= 11 is 0. The van der Waals surface area contributed by atoms with E-state index in [0.717, 1.165) is 0 Å². The summed E-state index contributed by atoms with van der Waals surface area (Å²) < 4.78 is 0. The SMILES string of the molecule is C=CC(NN)c1ncn[nH]1. The summed E-state index contributed by atoms with van der Waals surface area (Å²) in [4.78, 5) is 3.88. The van der Waals surface area contributed by atoms with Gasteiger partial charge < -0.3 is 0 Å². The number of hydrogen-bond donors (Lipinski definition) is 3. The van der Waals surface area contributed by atoms with Crippen LogP contribution >= 0.6 is 0 Å². The van der Waals surface area contributed by atoms with Gasteiger partial charge in [0, 0.05) is 0 Å². The van der Waals surface area contributed by atoms with Crippen molar-refractivity contribution < 1.29 is 0 Å². The number of hydrogen-bond acceptors (Lipinski definition) is 4. The van der Waals surface area contributed by atoms with Crippen molar-refractivity contribution in [1.82, 2.24) is 20.6 Å². The van der Waals surface area contributed by atoms with Crippen molar-refractivity contribution in [3.05, 3.63) is 24.8 Å². The van der Waals surface area contributed by atoms with E-state index >= 15 is 0 Å². The fourth-order valence-electron chi connectivity index (χ4n) is 0.623. The number of H-pyrrole nitrogens is 1. The summed E-state index contributed by atoms with van der Waals surface area (Å²) in [5, 5.41) is 6.32. The quantitative estimate of drug-likeness (QED) is 0.299. The molecular formula is C5H9N5. The highest BCUT2D eigenvalue weighted by Gasteiger charge is 2.05. The molecule has 0 aromatic carbocycles. The molecule has 0 spiro atoms. The molecule has 1 aromatic rings. The highest BCUT2D eigenvalue weighted by atomic mass is 15.3. The third kappa shape index (κ3) is 1.20. The molecule has 4 N–H and O–H groups in total. The Bertz CT molecular complexity index is 192. The molecule has 1 unspecified atom stereocenters. The average molecular weight is 139 g/mol. The molecule has 0 saturated heterocycles. The lowest BCUT2D eigenvalue weighted by Crippen LogP contribution is -2.27. The summed E-state index contributed by atoms with van der Waals surface area (Å²) in [5.74, 6) is 5.83. The Morgan fingerprint density at radius 3 is 3.10 bits per heavy atom. The minimum Gasteiger partial charge on any atom is -0.270 e. The zero-order chi connectivity index (χ0) is 7.40. The maximum Gasteiger partial charge on any atom is 0.146 e. The number of aromatic amines is 1. The van der Waals surface area contributed by atoms with Crippen LogP contribution in [0.2, 0.25) is 0 Å². The van der Waals surface area contributed by atoms with Crippen LogP contribution in [0.3, 0.4) is 0 Å². The van der Waals surface area contributed by atoms with E-state index in [1.807, 2.05) is 0 Å². The first kappa shape index (κ1) is 6.91. The Morgan fingerprint density at radius 2 is 2.70 bits per heavy atom. The molecule has 1 atom stereocenters. The zero-order valence-electron chi connectivity index (χ0n) is 5.41. The Morgan fingerprint density at radius 1 is 1.90 bits per heavy atom. The summed E-state index contributed by atoms with van der Waals surface area (Å²) in [5.41, 5.74) is 2.50. The predicted octanol–water partition coefficient (Wildman–Crippen LogP) is -0.505. The van der Waals surface area contributed by atoms with Crippen LogP contribution in [-0.2, 0) is 0 Å². The third-order valence-electron chi connectivity index (χ3n) is 1.14. The Balaban J connectivity index is 2.73. The second kappa shape index (κ2) is 3.09. The molecule has 0 bridgehead atoms. The third-order valence-corrected chi connectivity index (χ3v) is 1.14. The van der Waals surface area contributed by atoms with Crippen molar-refractivity contribution in [2.45, 2.75) is 6.04 Å². The van der Waals surface area contributed by atoms with Gasteiger partial charge in [0.25, 0.3) is 0 Å². The number of aromatic nitrogens is 3. The van der Waals surface area contributed by atoms with Crippen LogP contribution in [0.5, 0.6) is 0 Å².